The Balaban J connectivity index is 0.728. The first kappa shape index (κ1) is 46.5. The number of hydrogen-bond acceptors (Lipinski definition) is 3. The normalized spacial score (nSPS) is 15.9. The molecular weight excluding hydrogens is 1040 g/mol. The molecule has 12 aromatic carbocycles. The van der Waals surface area contributed by atoms with Crippen LogP contribution < -0.4 is 4.90 Å². The molecule has 0 spiro atoms. The van der Waals surface area contributed by atoms with E-state index < -0.39 is 0 Å². The molecule has 6 nitrogen and oxygen atoms in total. The van der Waals surface area contributed by atoms with Gasteiger partial charge in [0.15, 0.2) is 0 Å². The third kappa shape index (κ3) is 6.53. The zero-order valence-corrected chi connectivity index (χ0v) is 46.2. The maximum Gasteiger partial charge on any atom is 0.135 e. The van der Waals surface area contributed by atoms with Gasteiger partial charge in [0.2, 0.25) is 0 Å². The van der Waals surface area contributed by atoms with Crippen LogP contribution in [0.3, 0.4) is 0 Å². The molecule has 0 bridgehead atoms. The molecule has 17 aromatic rings. The van der Waals surface area contributed by atoms with Crippen molar-refractivity contribution in [1.82, 2.24) is 13.7 Å². The second kappa shape index (κ2) is 17.2. The van der Waals surface area contributed by atoms with E-state index in [4.69, 9.17) is 8.83 Å². The average molecular weight is 1090 g/mol. The third-order valence-corrected chi connectivity index (χ3v) is 18.9. The Labute approximate surface area is 487 Å². The predicted octanol–water partition coefficient (Wildman–Crippen LogP) is 21.0. The number of allylic oxidation sites excluding steroid dienone is 2. The number of furan rings is 2. The second-order valence-electron chi connectivity index (χ2n) is 23.4. The minimum absolute atomic E-state index is 0.130. The maximum absolute atomic E-state index is 6.63. The first-order chi connectivity index (χ1) is 42.0. The van der Waals surface area contributed by atoms with Crippen LogP contribution >= 0.6 is 0 Å². The Morgan fingerprint density at radius 2 is 0.859 bits per heavy atom. The Morgan fingerprint density at radius 3 is 1.64 bits per heavy atom. The van der Waals surface area contributed by atoms with E-state index in [1.54, 1.807) is 0 Å². The van der Waals surface area contributed by atoms with Gasteiger partial charge in [-0.3, -0.25) is 0 Å². The molecule has 2 atom stereocenters. The van der Waals surface area contributed by atoms with Crippen LogP contribution in [-0.4, -0.2) is 19.7 Å². The third-order valence-electron chi connectivity index (χ3n) is 18.9. The van der Waals surface area contributed by atoms with Gasteiger partial charge >= 0.3 is 0 Å². The number of rotatable bonds is 6. The number of anilines is 2. The molecule has 0 fully saturated rings. The summed E-state index contributed by atoms with van der Waals surface area (Å²) in [6.45, 7) is 2.36. The number of para-hydroxylation sites is 5. The molecule has 2 unspecified atom stereocenters. The zero-order valence-electron chi connectivity index (χ0n) is 46.2. The van der Waals surface area contributed by atoms with Crippen LogP contribution in [0.4, 0.5) is 11.4 Å². The quantitative estimate of drug-likeness (QED) is 0.167. The van der Waals surface area contributed by atoms with Gasteiger partial charge in [-0.25, -0.2) is 0 Å². The molecule has 1 aliphatic carbocycles. The molecule has 2 aliphatic rings. The smallest absolute Gasteiger partial charge is 0.135 e. The fourth-order valence-corrected chi connectivity index (χ4v) is 15.0. The van der Waals surface area contributed by atoms with E-state index in [0.717, 1.165) is 105 Å². The van der Waals surface area contributed by atoms with Gasteiger partial charge in [0, 0.05) is 87.7 Å². The van der Waals surface area contributed by atoms with Gasteiger partial charge in [0.1, 0.15) is 22.3 Å². The van der Waals surface area contributed by atoms with Gasteiger partial charge in [-0.2, -0.15) is 0 Å². The van der Waals surface area contributed by atoms with E-state index in [1.165, 1.54) is 60.2 Å². The van der Waals surface area contributed by atoms with Crippen LogP contribution in [0.2, 0.25) is 0 Å². The molecule has 0 amide bonds. The first-order valence-electron chi connectivity index (χ1n) is 29.3. The largest absolute Gasteiger partial charge is 0.456 e. The van der Waals surface area contributed by atoms with Crippen LogP contribution in [0.1, 0.15) is 12.5 Å². The number of hydrogen-bond donors (Lipinski definition) is 0. The second-order valence-corrected chi connectivity index (χ2v) is 23.4. The number of nitrogens with zero attached hydrogens (tertiary/aromatic N) is 4. The maximum atomic E-state index is 6.63. The average Bonchev–Trinajstić information content (AvgIpc) is 2.73. The fourth-order valence-electron chi connectivity index (χ4n) is 15.0. The lowest BCUT2D eigenvalue weighted by atomic mass is 9.76. The van der Waals surface area contributed by atoms with Crippen molar-refractivity contribution in [2.45, 2.75) is 18.4 Å². The number of aromatic nitrogens is 3. The lowest BCUT2D eigenvalue weighted by Gasteiger charge is -2.34. The summed E-state index contributed by atoms with van der Waals surface area (Å²) in [4.78, 5) is 2.51. The molecule has 0 radical (unpaired) electrons. The van der Waals surface area contributed by atoms with Gasteiger partial charge in [-0.15, -0.1) is 0 Å². The van der Waals surface area contributed by atoms with Crippen molar-refractivity contribution < 1.29 is 8.83 Å². The summed E-state index contributed by atoms with van der Waals surface area (Å²) in [6, 6.07) is 93.6. The summed E-state index contributed by atoms with van der Waals surface area (Å²) in [5.74, 6) is 0. The fraction of sp³-hybridized carbons (Fsp3) is 0.0380. The van der Waals surface area contributed by atoms with Crippen molar-refractivity contribution in [2.24, 2.45) is 0 Å². The molecule has 1 aliphatic heterocycles. The molecular formula is C79H50N4O2. The summed E-state index contributed by atoms with van der Waals surface area (Å²) < 4.78 is 20.2. The van der Waals surface area contributed by atoms with Crippen LogP contribution in [0.25, 0.3) is 149 Å². The van der Waals surface area contributed by atoms with E-state index in [2.05, 4.69) is 292 Å². The van der Waals surface area contributed by atoms with E-state index in [1.807, 2.05) is 12.1 Å². The summed E-state index contributed by atoms with van der Waals surface area (Å²) >= 11 is 0. The molecule has 0 saturated carbocycles. The Kier molecular flexibility index (Phi) is 9.43. The highest BCUT2D eigenvalue weighted by molar-refractivity contribution is 6.18. The molecule has 19 rings (SSSR count). The highest BCUT2D eigenvalue weighted by Gasteiger charge is 2.46. The van der Waals surface area contributed by atoms with Crippen LogP contribution in [0.15, 0.2) is 288 Å². The summed E-state index contributed by atoms with van der Waals surface area (Å²) in [5, 5.41) is 11.7. The SMILES string of the molecule is CC12C=CC=CC1N(c1ccc3oc4ccc(-n5c6ccccc6c6ccc(-c7cccc8c7c7ccccc7n8-c7cccc(-c8ccc9c(c8)c8ccccc8n9-c8ccc9oc%10ccccc%10c9c8)c7)cc65)cc4c3c1)c1ccccc12. The molecule has 85 heavy (non-hydrogen) atoms. The molecule has 5 aromatic heterocycles. The van der Waals surface area contributed by atoms with Crippen LogP contribution in [-0.2, 0) is 5.41 Å². The molecule has 0 saturated heterocycles. The van der Waals surface area contributed by atoms with Gasteiger partial charge in [-0.05, 0) is 156 Å². The topological polar surface area (TPSA) is 44.3 Å². The lowest BCUT2D eigenvalue weighted by Crippen LogP contribution is -2.39. The molecule has 0 N–H and O–H groups in total. The van der Waals surface area contributed by atoms with Crippen molar-refractivity contribution in [1.29, 1.82) is 0 Å². The Bertz CT molecular complexity index is 5800. The minimum atomic E-state index is -0.130. The van der Waals surface area contributed by atoms with Gasteiger partial charge in [0.25, 0.3) is 0 Å². The standard InChI is InChI=1S/C79H50N4O2/c1-79-41-13-12-30-77(79)83(70-27-10-6-23-65(70)79)54-35-40-76-64(47-54)63-46-53(34-39-75(63)85-76)82-66-24-7-2-18-56(66)58-36-31-50(44-72(58)82)55-22-15-28-71-78(55)60-21-4-9-26-68(60)81(71)51-17-14-16-48(42-51)49-32-37-69-61(43-49)57-19-3-8-25-67(57)80(69)52-33-38-74-62(45-52)59-20-5-11-29-73(59)84-74/h2-47,77H,1H3. The zero-order chi connectivity index (χ0) is 55.6. The van der Waals surface area contributed by atoms with E-state index in [0.29, 0.717) is 0 Å². The van der Waals surface area contributed by atoms with Crippen molar-refractivity contribution in [3.8, 4) is 39.3 Å². The van der Waals surface area contributed by atoms with Gasteiger partial charge in [0.05, 0.1) is 39.1 Å². The molecule has 6 heteroatoms. The van der Waals surface area contributed by atoms with Crippen molar-refractivity contribution in [3.05, 3.63) is 285 Å². The highest BCUT2D eigenvalue weighted by Crippen LogP contribution is 2.52. The molecule has 398 valence electrons. The van der Waals surface area contributed by atoms with Crippen molar-refractivity contribution in [2.75, 3.05) is 4.90 Å². The number of benzene rings is 12. The van der Waals surface area contributed by atoms with E-state index >= 15 is 0 Å². The van der Waals surface area contributed by atoms with Gasteiger partial charge < -0.3 is 27.4 Å². The van der Waals surface area contributed by atoms with Gasteiger partial charge in [-0.1, -0.05) is 158 Å². The lowest BCUT2D eigenvalue weighted by molar-refractivity contribution is 0.551. The number of fused-ring (bicyclic) bond motifs is 18. The Morgan fingerprint density at radius 1 is 0.329 bits per heavy atom. The summed E-state index contributed by atoms with van der Waals surface area (Å²) in [6.07, 6.45) is 9.09. The summed E-state index contributed by atoms with van der Waals surface area (Å²) in [5.41, 5.74) is 22.1. The van der Waals surface area contributed by atoms with E-state index in [9.17, 15) is 0 Å². The predicted molar refractivity (Wildman–Crippen MR) is 353 cm³/mol. The van der Waals surface area contributed by atoms with Crippen LogP contribution in [0, 0.1) is 0 Å². The summed E-state index contributed by atoms with van der Waals surface area (Å²) in [7, 11) is 0. The monoisotopic (exact) mass is 1090 g/mol. The van der Waals surface area contributed by atoms with Crippen molar-refractivity contribution in [3.63, 3.8) is 0 Å². The molecule has 6 heterocycles. The van der Waals surface area contributed by atoms with Crippen LogP contribution in [0.5, 0.6) is 0 Å². The first-order valence-corrected chi connectivity index (χ1v) is 29.3. The minimum Gasteiger partial charge on any atom is -0.456 e. The Hall–Kier alpha value is -11.1. The highest BCUT2D eigenvalue weighted by atomic mass is 16.3. The van der Waals surface area contributed by atoms with Crippen molar-refractivity contribution >= 4 is 121 Å². The van der Waals surface area contributed by atoms with E-state index in [-0.39, 0.29) is 11.5 Å².